The number of quaternary nitrogens is 1. The number of methoxy groups -OCH3 is 2. The highest BCUT2D eigenvalue weighted by atomic mass is 16.5. The van der Waals surface area contributed by atoms with Gasteiger partial charge in [-0.05, 0) is 18.2 Å². The van der Waals surface area contributed by atoms with Gasteiger partial charge in [0.1, 0.15) is 0 Å². The molecule has 0 amide bonds. The third kappa shape index (κ3) is 2.37. The first-order valence-corrected chi connectivity index (χ1v) is 3.62. The van der Waals surface area contributed by atoms with Crippen LogP contribution in [0.2, 0.25) is 0 Å². The lowest BCUT2D eigenvalue weighted by atomic mass is 10.2. The summed E-state index contributed by atoms with van der Waals surface area (Å²) in [6, 6.07) is 4.27. The van der Waals surface area contributed by atoms with Crippen molar-refractivity contribution < 1.29 is 19.4 Å². The van der Waals surface area contributed by atoms with Gasteiger partial charge in [0, 0.05) is 5.56 Å². The fraction of sp³-hybridized carbons (Fsp3) is 0.222. The number of carboxylic acid groups (broad SMARTS) is 1. The summed E-state index contributed by atoms with van der Waals surface area (Å²) in [4.78, 5) is 10.5. The summed E-state index contributed by atoms with van der Waals surface area (Å²) in [5.41, 5.74) is 0.0673. The minimum atomic E-state index is -1.24. The Labute approximate surface area is 81.8 Å². The van der Waals surface area contributed by atoms with E-state index in [2.05, 4.69) is 0 Å². The Morgan fingerprint density at radius 1 is 1.21 bits per heavy atom. The van der Waals surface area contributed by atoms with Gasteiger partial charge < -0.3 is 25.5 Å². The predicted molar refractivity (Wildman–Crippen MR) is 49.9 cm³/mol. The third-order valence-corrected chi connectivity index (χ3v) is 1.62. The van der Waals surface area contributed by atoms with Crippen LogP contribution in [0.4, 0.5) is 0 Å². The first kappa shape index (κ1) is 12.2. The molecule has 0 aliphatic heterocycles. The molecule has 14 heavy (non-hydrogen) atoms. The van der Waals surface area contributed by atoms with Crippen LogP contribution in [0.3, 0.4) is 0 Å². The molecule has 0 unspecified atom stereocenters. The lowest BCUT2D eigenvalue weighted by molar-refractivity contribution is -0.255. The van der Waals surface area contributed by atoms with E-state index in [-0.39, 0.29) is 11.7 Å². The van der Waals surface area contributed by atoms with Crippen molar-refractivity contribution in [1.29, 1.82) is 0 Å². The first-order chi connectivity index (χ1) is 6.19. The van der Waals surface area contributed by atoms with Gasteiger partial charge >= 0.3 is 0 Å². The highest BCUT2D eigenvalue weighted by molar-refractivity contribution is 5.86. The second kappa shape index (κ2) is 5.08. The monoisotopic (exact) mass is 199 g/mol. The lowest BCUT2D eigenvalue weighted by Crippen LogP contribution is -2.22. The molecule has 5 heteroatoms. The molecule has 4 N–H and O–H groups in total. The Kier molecular flexibility index (Phi) is 4.45. The molecule has 0 fully saturated rings. The van der Waals surface area contributed by atoms with E-state index >= 15 is 0 Å². The number of hydrogen-bond donors (Lipinski definition) is 1. The fourth-order valence-electron chi connectivity index (χ4n) is 0.963. The number of carboxylic acids is 1. The van der Waals surface area contributed by atoms with E-state index in [1.807, 2.05) is 0 Å². The van der Waals surface area contributed by atoms with Gasteiger partial charge in [-0.1, -0.05) is 0 Å². The van der Waals surface area contributed by atoms with Crippen LogP contribution in [0.5, 0.6) is 11.5 Å². The molecule has 0 atom stereocenters. The van der Waals surface area contributed by atoms with Crippen molar-refractivity contribution in [3.8, 4) is 11.5 Å². The predicted octanol–water partition coefficient (Wildman–Crippen LogP) is 0.443. The minimum Gasteiger partial charge on any atom is -0.545 e. The van der Waals surface area contributed by atoms with E-state index in [4.69, 9.17) is 9.47 Å². The van der Waals surface area contributed by atoms with Crippen molar-refractivity contribution in [3.63, 3.8) is 0 Å². The Hall–Kier alpha value is -1.75. The maximum Gasteiger partial charge on any atom is 0.161 e. The number of ether oxygens (including phenoxy) is 2. The van der Waals surface area contributed by atoms with Crippen LogP contribution < -0.4 is 20.7 Å². The van der Waals surface area contributed by atoms with Crippen molar-refractivity contribution in [2.75, 3.05) is 14.2 Å². The fourth-order valence-corrected chi connectivity index (χ4v) is 0.963. The minimum absolute atomic E-state index is 0. The van der Waals surface area contributed by atoms with E-state index in [0.717, 1.165) is 0 Å². The zero-order valence-corrected chi connectivity index (χ0v) is 8.37. The number of hydrogen-bond acceptors (Lipinski definition) is 4. The highest BCUT2D eigenvalue weighted by Gasteiger charge is 2.04. The molecule has 0 saturated carbocycles. The zero-order chi connectivity index (χ0) is 9.84. The van der Waals surface area contributed by atoms with Gasteiger partial charge in [0.25, 0.3) is 0 Å². The molecule has 0 bridgehead atoms. The molecule has 1 rings (SSSR count). The summed E-state index contributed by atoms with van der Waals surface area (Å²) in [7, 11) is 2.92. The Morgan fingerprint density at radius 3 is 2.21 bits per heavy atom. The maximum absolute atomic E-state index is 10.5. The molecule has 1 aromatic rings. The molecule has 0 aliphatic rings. The molecule has 0 heterocycles. The van der Waals surface area contributed by atoms with Crippen LogP contribution in [0.1, 0.15) is 10.4 Å². The number of carbonyl (C=O) groups is 1. The highest BCUT2D eigenvalue weighted by Crippen LogP contribution is 2.27. The molecule has 0 aromatic heterocycles. The molecular formula is C9H13NO4. The number of rotatable bonds is 3. The number of aromatic carboxylic acids is 1. The van der Waals surface area contributed by atoms with Crippen LogP contribution in [-0.2, 0) is 0 Å². The van der Waals surface area contributed by atoms with Crippen LogP contribution in [0, 0.1) is 0 Å². The van der Waals surface area contributed by atoms with Crippen molar-refractivity contribution in [1.82, 2.24) is 6.15 Å². The summed E-state index contributed by atoms with van der Waals surface area (Å²) in [6.07, 6.45) is 0. The zero-order valence-electron chi connectivity index (χ0n) is 8.37. The van der Waals surface area contributed by atoms with Crippen LogP contribution in [0.25, 0.3) is 0 Å². The quantitative estimate of drug-likeness (QED) is 0.764. The van der Waals surface area contributed by atoms with Gasteiger partial charge in [-0.15, -0.1) is 0 Å². The number of carbonyl (C=O) groups excluding carboxylic acids is 1. The second-order valence-corrected chi connectivity index (χ2v) is 2.36. The summed E-state index contributed by atoms with van der Waals surface area (Å²) < 4.78 is 9.84. The number of benzene rings is 1. The summed E-state index contributed by atoms with van der Waals surface area (Å²) in [5.74, 6) is -0.363. The molecule has 78 valence electrons. The summed E-state index contributed by atoms with van der Waals surface area (Å²) in [5, 5.41) is 10.5. The lowest BCUT2D eigenvalue weighted by Gasteiger charge is -2.09. The van der Waals surface area contributed by atoms with Crippen LogP contribution >= 0.6 is 0 Å². The van der Waals surface area contributed by atoms with E-state index in [1.165, 1.54) is 32.4 Å². The van der Waals surface area contributed by atoms with Gasteiger partial charge in [0.05, 0.1) is 20.2 Å². The average molecular weight is 199 g/mol. The molecule has 0 radical (unpaired) electrons. The van der Waals surface area contributed by atoms with E-state index in [0.29, 0.717) is 11.5 Å². The van der Waals surface area contributed by atoms with Crippen LogP contribution in [0.15, 0.2) is 18.2 Å². The van der Waals surface area contributed by atoms with E-state index in [9.17, 15) is 9.90 Å². The van der Waals surface area contributed by atoms with Crippen molar-refractivity contribution in [3.05, 3.63) is 23.8 Å². The topological polar surface area (TPSA) is 95.1 Å². The molecule has 1 aromatic carbocycles. The largest absolute Gasteiger partial charge is 0.545 e. The van der Waals surface area contributed by atoms with Crippen LogP contribution in [-0.4, -0.2) is 20.2 Å². The van der Waals surface area contributed by atoms with Crippen molar-refractivity contribution in [2.45, 2.75) is 0 Å². The summed E-state index contributed by atoms with van der Waals surface area (Å²) >= 11 is 0. The van der Waals surface area contributed by atoms with Gasteiger partial charge in [0.15, 0.2) is 11.5 Å². The van der Waals surface area contributed by atoms with Gasteiger partial charge in [-0.25, -0.2) is 0 Å². The first-order valence-electron chi connectivity index (χ1n) is 3.62. The van der Waals surface area contributed by atoms with Gasteiger partial charge in [-0.2, -0.15) is 0 Å². The Bertz CT molecular complexity index is 325. The molecular weight excluding hydrogens is 186 g/mol. The van der Waals surface area contributed by atoms with Crippen molar-refractivity contribution >= 4 is 5.97 Å². The van der Waals surface area contributed by atoms with Gasteiger partial charge in [-0.3, -0.25) is 0 Å². The normalized spacial score (nSPS) is 8.71. The standard InChI is InChI=1S/C9H10O4.H3N/c1-12-7-4-3-6(9(10)11)5-8(7)13-2;/h3-5H,1-2H3,(H,10,11);1H3. The SMILES string of the molecule is COc1ccc(C(=O)[O-])cc1OC.[NH4+]. The smallest absolute Gasteiger partial charge is 0.161 e. The third-order valence-electron chi connectivity index (χ3n) is 1.62. The molecule has 5 nitrogen and oxygen atoms in total. The maximum atomic E-state index is 10.5. The Morgan fingerprint density at radius 2 is 1.79 bits per heavy atom. The van der Waals surface area contributed by atoms with E-state index in [1.54, 1.807) is 0 Å². The molecule has 0 saturated heterocycles. The average Bonchev–Trinajstić information content (AvgIpc) is 2.16. The second-order valence-electron chi connectivity index (χ2n) is 2.36. The van der Waals surface area contributed by atoms with E-state index < -0.39 is 5.97 Å². The summed E-state index contributed by atoms with van der Waals surface area (Å²) in [6.45, 7) is 0. The molecule has 0 aliphatic carbocycles. The van der Waals surface area contributed by atoms with Gasteiger partial charge in [0.2, 0.25) is 0 Å². The molecule has 0 spiro atoms. The van der Waals surface area contributed by atoms with Crippen molar-refractivity contribution in [2.24, 2.45) is 0 Å². The Balaban J connectivity index is 0.00000169.